The molecule has 0 fully saturated rings. The van der Waals surface area contributed by atoms with Crippen molar-refractivity contribution in [3.8, 4) is 0 Å². The zero-order chi connectivity index (χ0) is 13.9. The Morgan fingerprint density at radius 1 is 1.30 bits per heavy atom. The summed E-state index contributed by atoms with van der Waals surface area (Å²) in [4.78, 5) is 5.74. The molecule has 6 heteroatoms. The molecule has 3 aromatic heterocycles. The van der Waals surface area contributed by atoms with Crippen LogP contribution < -0.4 is 5.32 Å². The van der Waals surface area contributed by atoms with Crippen molar-refractivity contribution in [1.82, 2.24) is 24.6 Å². The first-order valence-corrected chi connectivity index (χ1v) is 7.34. The van der Waals surface area contributed by atoms with Crippen LogP contribution in [0.1, 0.15) is 22.4 Å². The molecule has 0 amide bonds. The maximum absolute atomic E-state index is 4.48. The van der Waals surface area contributed by atoms with Crippen molar-refractivity contribution >= 4 is 11.3 Å². The Balaban J connectivity index is 1.84. The summed E-state index contributed by atoms with van der Waals surface area (Å²) in [5, 5.41) is 9.87. The van der Waals surface area contributed by atoms with Crippen LogP contribution in [0.5, 0.6) is 0 Å². The fourth-order valence-corrected chi connectivity index (χ4v) is 3.01. The molecule has 0 spiro atoms. The van der Waals surface area contributed by atoms with Gasteiger partial charge in [-0.25, -0.2) is 4.98 Å². The monoisotopic (exact) mass is 287 g/mol. The van der Waals surface area contributed by atoms with Gasteiger partial charge >= 0.3 is 0 Å². The van der Waals surface area contributed by atoms with E-state index in [1.54, 1.807) is 11.3 Å². The molecule has 3 aromatic rings. The normalized spacial score (nSPS) is 12.7. The summed E-state index contributed by atoms with van der Waals surface area (Å²) < 4.78 is 3.94. The van der Waals surface area contributed by atoms with E-state index in [-0.39, 0.29) is 6.04 Å². The maximum atomic E-state index is 4.48. The number of nitrogens with one attached hydrogen (secondary N) is 1. The molecule has 3 heterocycles. The van der Waals surface area contributed by atoms with Crippen molar-refractivity contribution in [2.45, 2.75) is 12.6 Å². The lowest BCUT2D eigenvalue weighted by Crippen LogP contribution is -2.25. The van der Waals surface area contributed by atoms with Crippen LogP contribution in [0, 0.1) is 0 Å². The average Bonchev–Trinajstić information content (AvgIpc) is 3.15. The van der Waals surface area contributed by atoms with Crippen molar-refractivity contribution in [2.24, 2.45) is 14.1 Å². The van der Waals surface area contributed by atoms with Crippen molar-refractivity contribution in [1.29, 1.82) is 0 Å². The van der Waals surface area contributed by atoms with Crippen molar-refractivity contribution < 1.29 is 0 Å². The Kier molecular flexibility index (Phi) is 3.66. The van der Waals surface area contributed by atoms with E-state index in [0.29, 0.717) is 0 Å². The average molecular weight is 287 g/mol. The first-order valence-electron chi connectivity index (χ1n) is 6.46. The summed E-state index contributed by atoms with van der Waals surface area (Å²) in [6.45, 7) is 0.756. The number of aryl methyl sites for hydroxylation is 2. The Hall–Kier alpha value is -1.92. The second kappa shape index (κ2) is 5.60. The van der Waals surface area contributed by atoms with Gasteiger partial charge in [0, 0.05) is 44.1 Å². The molecule has 0 aliphatic carbocycles. The highest BCUT2D eigenvalue weighted by molar-refractivity contribution is 7.10. The van der Waals surface area contributed by atoms with Gasteiger partial charge in [0.05, 0.1) is 5.69 Å². The summed E-state index contributed by atoms with van der Waals surface area (Å²) in [5.41, 5.74) is 1.15. The molecular formula is C14H17N5S. The third-order valence-corrected chi connectivity index (χ3v) is 4.29. The van der Waals surface area contributed by atoms with Gasteiger partial charge in [-0.2, -0.15) is 5.10 Å². The number of thiophene rings is 1. The second-order valence-electron chi connectivity index (χ2n) is 4.67. The Labute approximate surface area is 121 Å². The summed E-state index contributed by atoms with van der Waals surface area (Å²) in [6.07, 6.45) is 5.63. The molecule has 0 aliphatic rings. The third-order valence-electron chi connectivity index (χ3n) is 3.35. The molecule has 1 unspecified atom stereocenters. The maximum Gasteiger partial charge on any atom is 0.131 e. The van der Waals surface area contributed by atoms with E-state index in [9.17, 15) is 0 Å². The topological polar surface area (TPSA) is 47.7 Å². The highest BCUT2D eigenvalue weighted by Gasteiger charge is 2.19. The number of rotatable bonds is 5. The molecule has 1 atom stereocenters. The molecule has 1 N–H and O–H groups in total. The van der Waals surface area contributed by atoms with Crippen molar-refractivity contribution in [2.75, 3.05) is 0 Å². The van der Waals surface area contributed by atoms with E-state index in [1.807, 2.05) is 43.4 Å². The lowest BCUT2D eigenvalue weighted by molar-refractivity contribution is 0.543. The van der Waals surface area contributed by atoms with Gasteiger partial charge in [0.1, 0.15) is 11.9 Å². The molecule has 3 rings (SSSR count). The summed E-state index contributed by atoms with van der Waals surface area (Å²) in [5.74, 6) is 1.02. The van der Waals surface area contributed by atoms with Crippen molar-refractivity contribution in [3.63, 3.8) is 0 Å². The van der Waals surface area contributed by atoms with E-state index in [1.165, 1.54) is 4.88 Å². The Bertz CT molecular complexity index is 667. The van der Waals surface area contributed by atoms with Gasteiger partial charge in [-0.15, -0.1) is 11.3 Å². The minimum atomic E-state index is 0.102. The standard InChI is InChI=1S/C14H17N5S/c1-18-8-7-15-14(18)13(12-4-3-9-20-12)16-10-11-5-6-17-19(11)2/h3-9,13,16H,10H2,1-2H3. The number of hydrogen-bond acceptors (Lipinski definition) is 4. The van der Waals surface area contributed by atoms with Gasteiger partial charge in [-0.05, 0) is 17.5 Å². The highest BCUT2D eigenvalue weighted by atomic mass is 32.1. The smallest absolute Gasteiger partial charge is 0.131 e. The molecular weight excluding hydrogens is 270 g/mol. The summed E-state index contributed by atoms with van der Waals surface area (Å²) >= 11 is 1.74. The predicted octanol–water partition coefficient (Wildman–Crippen LogP) is 2.09. The quantitative estimate of drug-likeness (QED) is 0.781. The highest BCUT2D eigenvalue weighted by Crippen LogP contribution is 2.25. The molecule has 0 bridgehead atoms. The predicted molar refractivity (Wildman–Crippen MR) is 79.4 cm³/mol. The molecule has 20 heavy (non-hydrogen) atoms. The SMILES string of the molecule is Cn1ccnc1C(NCc1ccnn1C)c1cccs1. The first kappa shape index (κ1) is 13.1. The molecule has 0 radical (unpaired) electrons. The van der Waals surface area contributed by atoms with E-state index >= 15 is 0 Å². The Morgan fingerprint density at radius 3 is 2.80 bits per heavy atom. The number of hydrogen-bond donors (Lipinski definition) is 1. The van der Waals surface area contributed by atoms with Crippen LogP contribution in [-0.2, 0) is 20.6 Å². The molecule has 0 aliphatic heterocycles. The van der Waals surface area contributed by atoms with Gasteiger partial charge < -0.3 is 4.57 Å². The van der Waals surface area contributed by atoms with Crippen molar-refractivity contribution in [3.05, 3.63) is 58.6 Å². The van der Waals surface area contributed by atoms with Gasteiger partial charge in [0.25, 0.3) is 0 Å². The van der Waals surface area contributed by atoms with Crippen LogP contribution in [0.3, 0.4) is 0 Å². The molecule has 104 valence electrons. The van der Waals surface area contributed by atoms with Gasteiger partial charge in [-0.3, -0.25) is 10.00 Å². The molecule has 0 aromatic carbocycles. The third kappa shape index (κ3) is 2.52. The fourth-order valence-electron chi connectivity index (χ4n) is 2.21. The summed E-state index contributed by atoms with van der Waals surface area (Å²) in [6, 6.07) is 6.34. The Morgan fingerprint density at radius 2 is 2.20 bits per heavy atom. The van der Waals surface area contributed by atoms with Gasteiger partial charge in [-0.1, -0.05) is 6.07 Å². The number of aromatic nitrogens is 4. The fraction of sp³-hybridized carbons (Fsp3) is 0.286. The second-order valence-corrected chi connectivity index (χ2v) is 5.65. The lowest BCUT2D eigenvalue weighted by Gasteiger charge is -2.17. The zero-order valence-corrected chi connectivity index (χ0v) is 12.3. The van der Waals surface area contributed by atoms with Crippen LogP contribution in [0.4, 0.5) is 0 Å². The first-order chi connectivity index (χ1) is 9.75. The van der Waals surface area contributed by atoms with Gasteiger partial charge in [0.2, 0.25) is 0 Å². The lowest BCUT2D eigenvalue weighted by atomic mass is 10.2. The number of imidazole rings is 1. The summed E-state index contributed by atoms with van der Waals surface area (Å²) in [7, 11) is 3.98. The van der Waals surface area contributed by atoms with Gasteiger partial charge in [0.15, 0.2) is 0 Å². The van der Waals surface area contributed by atoms with E-state index in [2.05, 4.69) is 37.5 Å². The zero-order valence-electron chi connectivity index (χ0n) is 11.5. The number of nitrogens with zero attached hydrogens (tertiary/aromatic N) is 4. The molecule has 0 saturated carbocycles. The minimum absolute atomic E-state index is 0.102. The molecule has 5 nitrogen and oxygen atoms in total. The minimum Gasteiger partial charge on any atom is -0.336 e. The van der Waals surface area contributed by atoms with E-state index < -0.39 is 0 Å². The van der Waals surface area contributed by atoms with E-state index in [0.717, 1.165) is 18.1 Å². The van der Waals surface area contributed by atoms with Crippen LogP contribution in [0.15, 0.2) is 42.2 Å². The van der Waals surface area contributed by atoms with Crippen LogP contribution in [0.2, 0.25) is 0 Å². The largest absolute Gasteiger partial charge is 0.336 e. The van der Waals surface area contributed by atoms with Crippen LogP contribution in [0.25, 0.3) is 0 Å². The van der Waals surface area contributed by atoms with Crippen LogP contribution >= 0.6 is 11.3 Å². The van der Waals surface area contributed by atoms with E-state index in [4.69, 9.17) is 0 Å². The van der Waals surface area contributed by atoms with Crippen LogP contribution in [-0.4, -0.2) is 19.3 Å². The molecule has 0 saturated heterocycles.